The molecule has 0 unspecified atom stereocenters. The smallest absolute Gasteiger partial charge is 0.103 e. The van der Waals surface area contributed by atoms with Crippen molar-refractivity contribution >= 4 is 11.3 Å². The standard InChI is InChI=1S/C18H13N3S/c1-2-7-15(8-3-1)21-17(14-6-4-10-19-13-14)12-16(20-21)18-9-5-11-22-18/h1-13H. The number of thiophene rings is 1. The van der Waals surface area contributed by atoms with Gasteiger partial charge in [-0.2, -0.15) is 5.10 Å². The molecule has 0 spiro atoms. The highest BCUT2D eigenvalue weighted by Crippen LogP contribution is 2.30. The van der Waals surface area contributed by atoms with E-state index in [1.807, 2.05) is 41.2 Å². The number of nitrogens with zero attached hydrogens (tertiary/aromatic N) is 3. The van der Waals surface area contributed by atoms with Gasteiger partial charge < -0.3 is 0 Å². The van der Waals surface area contributed by atoms with Crippen molar-refractivity contribution in [2.24, 2.45) is 0 Å². The second-order valence-corrected chi connectivity index (χ2v) is 5.83. The zero-order valence-corrected chi connectivity index (χ0v) is 12.6. The molecule has 3 aromatic heterocycles. The summed E-state index contributed by atoms with van der Waals surface area (Å²) in [6.45, 7) is 0. The number of rotatable bonds is 3. The molecule has 22 heavy (non-hydrogen) atoms. The molecule has 0 saturated heterocycles. The van der Waals surface area contributed by atoms with Crippen molar-refractivity contribution in [1.82, 2.24) is 14.8 Å². The number of hydrogen-bond donors (Lipinski definition) is 0. The molecule has 4 rings (SSSR count). The third-order valence-corrected chi connectivity index (χ3v) is 4.33. The number of hydrogen-bond acceptors (Lipinski definition) is 3. The molecule has 0 amide bonds. The largest absolute Gasteiger partial charge is 0.264 e. The minimum absolute atomic E-state index is 0.984. The molecule has 0 aliphatic heterocycles. The minimum atomic E-state index is 0.984. The van der Waals surface area contributed by atoms with Crippen LogP contribution in [0.5, 0.6) is 0 Å². The quantitative estimate of drug-likeness (QED) is 0.551. The van der Waals surface area contributed by atoms with Crippen LogP contribution < -0.4 is 0 Å². The van der Waals surface area contributed by atoms with Crippen LogP contribution in [0.15, 0.2) is 78.4 Å². The Hall–Kier alpha value is -2.72. The van der Waals surface area contributed by atoms with Gasteiger partial charge in [0.1, 0.15) is 5.69 Å². The molecular weight excluding hydrogens is 290 g/mol. The summed E-state index contributed by atoms with van der Waals surface area (Å²) in [6, 6.07) is 20.4. The molecular formula is C18H13N3S. The lowest BCUT2D eigenvalue weighted by molar-refractivity contribution is 0.892. The third kappa shape index (κ3) is 2.34. The zero-order valence-electron chi connectivity index (χ0n) is 11.8. The van der Waals surface area contributed by atoms with E-state index in [2.05, 4.69) is 40.7 Å². The maximum absolute atomic E-state index is 4.80. The van der Waals surface area contributed by atoms with Crippen LogP contribution in [0.4, 0.5) is 0 Å². The monoisotopic (exact) mass is 303 g/mol. The van der Waals surface area contributed by atoms with Gasteiger partial charge in [-0.3, -0.25) is 4.98 Å². The van der Waals surface area contributed by atoms with Crippen molar-refractivity contribution in [2.75, 3.05) is 0 Å². The van der Waals surface area contributed by atoms with Gasteiger partial charge in [0.15, 0.2) is 0 Å². The fourth-order valence-electron chi connectivity index (χ4n) is 2.41. The summed E-state index contributed by atoms with van der Waals surface area (Å²) in [4.78, 5) is 5.40. The summed E-state index contributed by atoms with van der Waals surface area (Å²) in [5, 5.41) is 6.87. The fraction of sp³-hybridized carbons (Fsp3) is 0. The molecule has 0 aliphatic carbocycles. The molecule has 0 fully saturated rings. The molecule has 1 aromatic carbocycles. The SMILES string of the molecule is c1ccc(-n2nc(-c3cccs3)cc2-c2cccnc2)cc1. The van der Waals surface area contributed by atoms with E-state index in [1.165, 1.54) is 4.88 Å². The lowest BCUT2D eigenvalue weighted by Crippen LogP contribution is -1.98. The van der Waals surface area contributed by atoms with Gasteiger partial charge in [0.25, 0.3) is 0 Å². The molecule has 0 atom stereocenters. The molecule has 4 heteroatoms. The van der Waals surface area contributed by atoms with Crippen molar-refractivity contribution in [3.8, 4) is 27.5 Å². The topological polar surface area (TPSA) is 30.7 Å². The summed E-state index contributed by atoms with van der Waals surface area (Å²) < 4.78 is 1.98. The van der Waals surface area contributed by atoms with E-state index in [0.29, 0.717) is 0 Å². The van der Waals surface area contributed by atoms with E-state index < -0.39 is 0 Å². The lowest BCUT2D eigenvalue weighted by Gasteiger charge is -2.06. The van der Waals surface area contributed by atoms with Crippen molar-refractivity contribution < 1.29 is 0 Å². The summed E-state index contributed by atoms with van der Waals surface area (Å²) in [5.41, 5.74) is 4.13. The predicted molar refractivity (Wildman–Crippen MR) is 90.1 cm³/mol. The molecule has 3 nitrogen and oxygen atoms in total. The van der Waals surface area contributed by atoms with Gasteiger partial charge in [0.2, 0.25) is 0 Å². The second-order valence-electron chi connectivity index (χ2n) is 4.88. The van der Waals surface area contributed by atoms with Gasteiger partial charge in [0.05, 0.1) is 16.3 Å². The van der Waals surface area contributed by atoms with Crippen LogP contribution in [0.25, 0.3) is 27.5 Å². The van der Waals surface area contributed by atoms with E-state index in [4.69, 9.17) is 5.10 Å². The van der Waals surface area contributed by atoms with E-state index in [0.717, 1.165) is 22.6 Å². The van der Waals surface area contributed by atoms with Crippen LogP contribution >= 0.6 is 11.3 Å². The Balaban J connectivity index is 1.92. The molecule has 106 valence electrons. The van der Waals surface area contributed by atoms with E-state index >= 15 is 0 Å². The Morgan fingerprint density at radius 3 is 2.55 bits per heavy atom. The predicted octanol–water partition coefficient (Wildman–Crippen LogP) is 4.66. The summed E-state index contributed by atoms with van der Waals surface area (Å²) in [5.74, 6) is 0. The van der Waals surface area contributed by atoms with E-state index in [1.54, 1.807) is 17.5 Å². The van der Waals surface area contributed by atoms with Gasteiger partial charge >= 0.3 is 0 Å². The van der Waals surface area contributed by atoms with Gasteiger partial charge in [-0.25, -0.2) is 4.68 Å². The molecule has 0 saturated carbocycles. The van der Waals surface area contributed by atoms with E-state index in [9.17, 15) is 0 Å². The van der Waals surface area contributed by atoms with Crippen molar-refractivity contribution in [2.45, 2.75) is 0 Å². The first-order valence-electron chi connectivity index (χ1n) is 7.01. The maximum Gasteiger partial charge on any atom is 0.103 e. The molecule has 0 bridgehead atoms. The van der Waals surface area contributed by atoms with E-state index in [-0.39, 0.29) is 0 Å². The van der Waals surface area contributed by atoms with Gasteiger partial charge in [-0.05, 0) is 41.8 Å². The number of pyridine rings is 1. The lowest BCUT2D eigenvalue weighted by atomic mass is 10.2. The number of para-hydroxylation sites is 1. The summed E-state index contributed by atoms with van der Waals surface area (Å²) in [6.07, 6.45) is 3.65. The first kappa shape index (κ1) is 13.0. The highest BCUT2D eigenvalue weighted by molar-refractivity contribution is 7.13. The Bertz CT molecular complexity index is 808. The Labute approximate surface area is 132 Å². The number of aromatic nitrogens is 3. The molecule has 0 radical (unpaired) electrons. The molecule has 3 heterocycles. The first-order valence-corrected chi connectivity index (χ1v) is 7.89. The number of benzene rings is 1. The normalized spacial score (nSPS) is 10.7. The van der Waals surface area contributed by atoms with Crippen molar-refractivity contribution in [3.05, 3.63) is 78.4 Å². The highest BCUT2D eigenvalue weighted by atomic mass is 32.1. The summed E-state index contributed by atoms with van der Waals surface area (Å²) >= 11 is 1.70. The fourth-order valence-corrected chi connectivity index (χ4v) is 3.09. The van der Waals surface area contributed by atoms with Crippen LogP contribution in [0.3, 0.4) is 0 Å². The van der Waals surface area contributed by atoms with Crippen LogP contribution in [0.1, 0.15) is 0 Å². The van der Waals surface area contributed by atoms with Crippen LogP contribution in [0.2, 0.25) is 0 Å². The Kier molecular flexibility index (Phi) is 3.29. The first-order chi connectivity index (χ1) is 10.9. The van der Waals surface area contributed by atoms with Gasteiger partial charge in [-0.15, -0.1) is 11.3 Å². The maximum atomic E-state index is 4.80. The second kappa shape index (κ2) is 5.58. The van der Waals surface area contributed by atoms with Crippen molar-refractivity contribution in [1.29, 1.82) is 0 Å². The van der Waals surface area contributed by atoms with Crippen LogP contribution in [0, 0.1) is 0 Å². The highest BCUT2D eigenvalue weighted by Gasteiger charge is 2.13. The van der Waals surface area contributed by atoms with Gasteiger partial charge in [0, 0.05) is 18.0 Å². The van der Waals surface area contributed by atoms with Crippen molar-refractivity contribution in [3.63, 3.8) is 0 Å². The third-order valence-electron chi connectivity index (χ3n) is 3.44. The Morgan fingerprint density at radius 1 is 0.909 bits per heavy atom. The zero-order chi connectivity index (χ0) is 14.8. The average molecular weight is 303 g/mol. The summed E-state index contributed by atoms with van der Waals surface area (Å²) in [7, 11) is 0. The van der Waals surface area contributed by atoms with Crippen LogP contribution in [-0.4, -0.2) is 14.8 Å². The average Bonchev–Trinajstić information content (AvgIpc) is 3.26. The molecule has 4 aromatic rings. The van der Waals surface area contributed by atoms with Crippen LogP contribution in [-0.2, 0) is 0 Å². The van der Waals surface area contributed by atoms with Gasteiger partial charge in [-0.1, -0.05) is 24.3 Å². The molecule has 0 aliphatic rings. The molecule has 0 N–H and O–H groups in total. The minimum Gasteiger partial charge on any atom is -0.264 e. The Morgan fingerprint density at radius 2 is 1.82 bits per heavy atom.